The van der Waals surface area contributed by atoms with Crippen molar-refractivity contribution < 1.29 is 4.74 Å². The highest BCUT2D eigenvalue weighted by Crippen LogP contribution is 2.14. The van der Waals surface area contributed by atoms with Gasteiger partial charge in [0.1, 0.15) is 6.10 Å². The van der Waals surface area contributed by atoms with Gasteiger partial charge in [0.2, 0.25) is 5.88 Å². The molecule has 0 aliphatic carbocycles. The van der Waals surface area contributed by atoms with Crippen molar-refractivity contribution in [2.75, 3.05) is 6.54 Å². The molecule has 0 amide bonds. The summed E-state index contributed by atoms with van der Waals surface area (Å²) < 4.78 is 9.07. The molecule has 0 spiro atoms. The minimum absolute atomic E-state index is 0. The summed E-state index contributed by atoms with van der Waals surface area (Å²) in [6.45, 7) is 3.43. The molecule has 134 valence electrons. The lowest BCUT2D eigenvalue weighted by Gasteiger charge is -2.14. The van der Waals surface area contributed by atoms with Crippen molar-refractivity contribution >= 4 is 23.4 Å². The molecule has 0 fully saturated rings. The molecule has 0 aliphatic rings. The molecule has 0 bridgehead atoms. The molecule has 0 radical (unpaired) electrons. The number of hydrogen-bond acceptors (Lipinski definition) is 4. The zero-order valence-electron chi connectivity index (χ0n) is 14.6. The van der Waals surface area contributed by atoms with Gasteiger partial charge in [-0.15, -0.1) is 12.4 Å². The fraction of sp³-hybridized carbons (Fsp3) is 0.333. The minimum Gasteiger partial charge on any atom is -0.473 e. The van der Waals surface area contributed by atoms with Crippen LogP contribution in [-0.2, 0) is 20.6 Å². The van der Waals surface area contributed by atoms with E-state index in [9.17, 15) is 4.79 Å². The topological polar surface area (TPSA) is 61.1 Å². The van der Waals surface area contributed by atoms with E-state index >= 15 is 0 Å². The Morgan fingerprint density at radius 2 is 1.92 bits per heavy atom. The first-order valence-electron chi connectivity index (χ1n) is 7.99. The second kappa shape index (κ2) is 8.18. The molecular formula is C18H23ClN4O2. The van der Waals surface area contributed by atoms with Crippen LogP contribution in [-0.4, -0.2) is 26.8 Å². The van der Waals surface area contributed by atoms with Crippen molar-refractivity contribution in [1.82, 2.24) is 19.4 Å². The first kappa shape index (κ1) is 19.0. The number of benzene rings is 1. The summed E-state index contributed by atoms with van der Waals surface area (Å²) in [6, 6.07) is 11.7. The van der Waals surface area contributed by atoms with Gasteiger partial charge < -0.3 is 10.1 Å². The number of hydrogen-bond donors (Lipinski definition) is 1. The van der Waals surface area contributed by atoms with Gasteiger partial charge >= 0.3 is 5.69 Å². The maximum Gasteiger partial charge on any atom is 0.328 e. The Labute approximate surface area is 152 Å². The quantitative estimate of drug-likeness (QED) is 0.730. The van der Waals surface area contributed by atoms with Crippen molar-refractivity contribution in [3.8, 4) is 5.88 Å². The predicted molar refractivity (Wildman–Crippen MR) is 101 cm³/mol. The maximum absolute atomic E-state index is 12.0. The van der Waals surface area contributed by atoms with Gasteiger partial charge in [0.15, 0.2) is 0 Å². The van der Waals surface area contributed by atoms with Crippen LogP contribution in [0, 0.1) is 0 Å². The van der Waals surface area contributed by atoms with Gasteiger partial charge in [-0.2, -0.15) is 0 Å². The van der Waals surface area contributed by atoms with Crippen molar-refractivity contribution in [2.45, 2.75) is 19.6 Å². The lowest BCUT2D eigenvalue weighted by Crippen LogP contribution is -2.28. The van der Waals surface area contributed by atoms with Crippen LogP contribution >= 0.6 is 12.4 Å². The number of aromatic nitrogens is 3. The number of halogens is 1. The van der Waals surface area contributed by atoms with Gasteiger partial charge in [0.05, 0.1) is 11.0 Å². The highest BCUT2D eigenvalue weighted by Gasteiger charge is 2.08. The molecule has 25 heavy (non-hydrogen) atoms. The van der Waals surface area contributed by atoms with Crippen LogP contribution in [0.5, 0.6) is 5.88 Å². The first-order valence-corrected chi connectivity index (χ1v) is 7.99. The highest BCUT2D eigenvalue weighted by molar-refractivity contribution is 5.85. The van der Waals surface area contributed by atoms with E-state index in [2.05, 4.69) is 10.3 Å². The number of nitrogens with one attached hydrogen (secondary N) is 1. The van der Waals surface area contributed by atoms with Gasteiger partial charge in [0, 0.05) is 39.4 Å². The van der Waals surface area contributed by atoms with Gasteiger partial charge in [-0.05, 0) is 30.7 Å². The number of aryl methyl sites for hydroxylation is 2. The van der Waals surface area contributed by atoms with Crippen LogP contribution in [0.15, 0.2) is 47.4 Å². The fourth-order valence-electron chi connectivity index (χ4n) is 2.75. The van der Waals surface area contributed by atoms with Crippen LogP contribution in [0.3, 0.4) is 0 Å². The molecule has 2 heterocycles. The van der Waals surface area contributed by atoms with Crippen LogP contribution in [0.25, 0.3) is 11.0 Å². The normalized spacial score (nSPS) is 12.0. The Balaban J connectivity index is 0.00000225. The Morgan fingerprint density at radius 1 is 1.16 bits per heavy atom. The Morgan fingerprint density at radius 3 is 2.64 bits per heavy atom. The standard InChI is InChI=1S/C18H22N4O2.ClH/c1-13(24-17-6-4-5-9-20-17)11-19-12-14-7-8-15-16(10-14)22(3)18(23)21(15)2;/h4-10,13,19H,11-12H2,1-3H3;1H. The molecule has 0 saturated carbocycles. The molecule has 0 saturated heterocycles. The summed E-state index contributed by atoms with van der Waals surface area (Å²) >= 11 is 0. The highest BCUT2D eigenvalue weighted by atomic mass is 35.5. The monoisotopic (exact) mass is 362 g/mol. The average Bonchev–Trinajstić information content (AvgIpc) is 2.80. The number of pyridine rings is 1. The number of rotatable bonds is 6. The third kappa shape index (κ3) is 4.21. The van der Waals surface area contributed by atoms with Gasteiger partial charge in [0.25, 0.3) is 0 Å². The number of fused-ring (bicyclic) bond motifs is 1. The predicted octanol–water partition coefficient (Wildman–Crippen LogP) is 2.25. The summed E-state index contributed by atoms with van der Waals surface area (Å²) in [7, 11) is 3.59. The molecule has 3 aromatic rings. The van der Waals surface area contributed by atoms with Crippen molar-refractivity contribution in [1.29, 1.82) is 0 Å². The summed E-state index contributed by atoms with van der Waals surface area (Å²) in [6.07, 6.45) is 1.74. The lowest BCUT2D eigenvalue weighted by molar-refractivity contribution is 0.208. The zero-order chi connectivity index (χ0) is 17.1. The Hall–Kier alpha value is -2.31. The summed E-state index contributed by atoms with van der Waals surface area (Å²) in [5.41, 5.74) is 3.01. The van der Waals surface area contributed by atoms with E-state index < -0.39 is 0 Å². The van der Waals surface area contributed by atoms with Crippen LogP contribution in [0.1, 0.15) is 12.5 Å². The molecule has 7 heteroatoms. The first-order chi connectivity index (χ1) is 11.6. The van der Waals surface area contributed by atoms with E-state index in [-0.39, 0.29) is 24.2 Å². The molecule has 1 N–H and O–H groups in total. The number of imidazole rings is 1. The second-order valence-electron chi connectivity index (χ2n) is 5.95. The van der Waals surface area contributed by atoms with Crippen LogP contribution in [0.4, 0.5) is 0 Å². The summed E-state index contributed by atoms with van der Waals surface area (Å²) in [4.78, 5) is 16.1. The van der Waals surface area contributed by atoms with E-state index in [1.54, 1.807) is 29.4 Å². The maximum atomic E-state index is 12.0. The molecule has 1 atom stereocenters. The second-order valence-corrected chi connectivity index (χ2v) is 5.95. The largest absolute Gasteiger partial charge is 0.473 e. The number of ether oxygens (including phenoxy) is 1. The summed E-state index contributed by atoms with van der Waals surface area (Å²) in [5.74, 6) is 0.632. The average molecular weight is 363 g/mol. The fourth-order valence-corrected chi connectivity index (χ4v) is 2.75. The van der Waals surface area contributed by atoms with Crippen molar-refractivity contribution in [2.24, 2.45) is 14.1 Å². The number of nitrogens with zero attached hydrogens (tertiary/aromatic N) is 3. The molecule has 3 rings (SSSR count). The van der Waals surface area contributed by atoms with Crippen molar-refractivity contribution in [3.63, 3.8) is 0 Å². The van der Waals surface area contributed by atoms with E-state index in [1.807, 2.05) is 43.3 Å². The molecule has 2 aromatic heterocycles. The molecule has 1 aromatic carbocycles. The minimum atomic E-state index is -0.00695. The Bertz CT molecular complexity index is 889. The van der Waals surface area contributed by atoms with E-state index in [0.717, 1.165) is 23.1 Å². The molecule has 1 unspecified atom stereocenters. The SMILES string of the molecule is CC(CNCc1ccc2c(c1)n(C)c(=O)n2C)Oc1ccccn1.Cl. The van der Waals surface area contributed by atoms with E-state index in [0.29, 0.717) is 12.4 Å². The molecular weight excluding hydrogens is 340 g/mol. The van der Waals surface area contributed by atoms with E-state index in [1.165, 1.54) is 0 Å². The van der Waals surface area contributed by atoms with E-state index in [4.69, 9.17) is 4.74 Å². The molecule has 0 aliphatic heterocycles. The lowest BCUT2D eigenvalue weighted by atomic mass is 10.2. The van der Waals surface area contributed by atoms with Gasteiger partial charge in [-0.1, -0.05) is 12.1 Å². The Kier molecular flexibility index (Phi) is 6.22. The third-order valence-corrected chi connectivity index (χ3v) is 4.06. The third-order valence-electron chi connectivity index (χ3n) is 4.06. The molecule has 6 nitrogen and oxygen atoms in total. The smallest absolute Gasteiger partial charge is 0.328 e. The van der Waals surface area contributed by atoms with Gasteiger partial charge in [-0.3, -0.25) is 9.13 Å². The van der Waals surface area contributed by atoms with Gasteiger partial charge in [-0.25, -0.2) is 9.78 Å². The summed E-state index contributed by atoms with van der Waals surface area (Å²) in [5, 5.41) is 3.38. The van der Waals surface area contributed by atoms with Crippen LogP contribution < -0.4 is 15.7 Å². The van der Waals surface area contributed by atoms with Crippen LogP contribution in [0.2, 0.25) is 0 Å². The zero-order valence-corrected chi connectivity index (χ0v) is 15.4. The van der Waals surface area contributed by atoms with Crippen molar-refractivity contribution in [3.05, 3.63) is 58.6 Å².